The van der Waals surface area contributed by atoms with Gasteiger partial charge in [0.1, 0.15) is 18.6 Å². The van der Waals surface area contributed by atoms with Crippen LogP contribution in [0.1, 0.15) is 76.4 Å². The Hall–Kier alpha value is -3.94. The molecule has 0 radical (unpaired) electrons. The first kappa shape index (κ1) is 38.3. The number of nitrogens with one attached hydrogen (secondary N) is 1. The van der Waals surface area contributed by atoms with Gasteiger partial charge in [-0.15, -0.1) is 0 Å². The molecule has 2 aromatic rings. The van der Waals surface area contributed by atoms with Crippen LogP contribution in [0.4, 0.5) is 14.5 Å². The quantitative estimate of drug-likeness (QED) is 0.267. The molecule has 0 spiro atoms. The van der Waals surface area contributed by atoms with Gasteiger partial charge < -0.3 is 30.7 Å². The molecule has 1 aliphatic heterocycles. The Kier molecular flexibility index (Phi) is 9.70. The van der Waals surface area contributed by atoms with Crippen molar-refractivity contribution in [3.63, 3.8) is 0 Å². The summed E-state index contributed by atoms with van der Waals surface area (Å²) < 4.78 is 46.6. The molecule has 10 nitrogen and oxygen atoms in total. The molecule has 7 rings (SSSR count). The Morgan fingerprint density at radius 1 is 1.06 bits per heavy atom. The Morgan fingerprint density at radius 2 is 1.78 bits per heavy atom. The molecule has 1 saturated heterocycles. The predicted octanol–water partition coefficient (Wildman–Crippen LogP) is 4.80. The number of hydrogen-bond donors (Lipinski definition) is 4. The lowest BCUT2D eigenvalue weighted by Crippen LogP contribution is -2.70. The van der Waals surface area contributed by atoms with Crippen LogP contribution in [-0.4, -0.2) is 75.8 Å². The van der Waals surface area contributed by atoms with E-state index in [-0.39, 0.29) is 42.9 Å². The predicted molar refractivity (Wildman–Crippen MR) is 194 cm³/mol. The molecule has 54 heavy (non-hydrogen) atoms. The van der Waals surface area contributed by atoms with E-state index in [0.717, 1.165) is 17.2 Å². The van der Waals surface area contributed by atoms with Crippen LogP contribution in [0.5, 0.6) is 0 Å². The molecule has 1 amide bonds. The Morgan fingerprint density at radius 3 is 2.46 bits per heavy atom. The van der Waals surface area contributed by atoms with Crippen molar-refractivity contribution in [2.75, 3.05) is 11.9 Å². The van der Waals surface area contributed by atoms with Gasteiger partial charge in [0, 0.05) is 40.3 Å². The molecule has 0 unspecified atom stereocenters. The summed E-state index contributed by atoms with van der Waals surface area (Å²) in [6.07, 6.45) is -1.16. The number of aliphatic hydroxyl groups is 2. The number of hydrogen-bond acceptors (Lipinski definition) is 9. The SMILES string of the molecule is C[C@H](N)C(=O)C[C@@H](C)C(=O)Nc1cccc(Cc2ccc([C@@H]3O[C@@H]4C[C@H]5[C@@H]6C[C@H](F)C7=CC(=O)C=C[C@]7(C)[C@@]6(F)[C@@H](O)C[C@]5(C)[C@]4(C(=O)CO)O3)cc2)c1. The summed E-state index contributed by atoms with van der Waals surface area (Å²) in [5.41, 5.74) is 1.92. The summed E-state index contributed by atoms with van der Waals surface area (Å²) in [5, 5.41) is 24.9. The van der Waals surface area contributed by atoms with Crippen LogP contribution in [0.25, 0.3) is 0 Å². The number of carbonyl (C=O) groups excluding carboxylic acids is 4. The third kappa shape index (κ3) is 5.75. The number of rotatable bonds is 10. The highest BCUT2D eigenvalue weighted by Crippen LogP contribution is 2.72. The van der Waals surface area contributed by atoms with Gasteiger partial charge in [-0.3, -0.25) is 19.2 Å². The van der Waals surface area contributed by atoms with E-state index in [9.17, 15) is 29.4 Å². The number of anilines is 1. The monoisotopic (exact) mass is 746 g/mol. The van der Waals surface area contributed by atoms with Crippen LogP contribution in [0.15, 0.2) is 72.3 Å². The van der Waals surface area contributed by atoms with Crippen molar-refractivity contribution in [2.24, 2.45) is 34.3 Å². The topological polar surface area (TPSA) is 165 Å². The van der Waals surface area contributed by atoms with Gasteiger partial charge in [-0.1, -0.05) is 56.3 Å². The first-order valence-corrected chi connectivity index (χ1v) is 18.7. The van der Waals surface area contributed by atoms with E-state index in [2.05, 4.69) is 5.32 Å². The lowest BCUT2D eigenvalue weighted by Gasteiger charge is -2.63. The number of aliphatic hydroxyl groups excluding tert-OH is 2. The lowest BCUT2D eigenvalue weighted by atomic mass is 9.44. The Labute approximate surface area is 313 Å². The summed E-state index contributed by atoms with van der Waals surface area (Å²) in [5.74, 6) is -3.73. The molecule has 12 atom stereocenters. The fourth-order valence-corrected chi connectivity index (χ4v) is 10.3. The minimum Gasteiger partial charge on any atom is -0.390 e. The number of alkyl halides is 2. The minimum atomic E-state index is -2.33. The van der Waals surface area contributed by atoms with Gasteiger partial charge in [0.2, 0.25) is 5.91 Å². The minimum absolute atomic E-state index is 0.0170. The summed E-state index contributed by atoms with van der Waals surface area (Å²) in [6, 6.07) is 14.2. The molecule has 3 saturated carbocycles. The Bertz CT molecular complexity index is 1930. The number of allylic oxidation sites excluding steroid dienone is 4. The van der Waals surface area contributed by atoms with E-state index in [1.54, 1.807) is 26.8 Å². The van der Waals surface area contributed by atoms with Gasteiger partial charge in [-0.05, 0) is 86.4 Å². The number of amides is 1. The molecule has 4 aliphatic carbocycles. The maximum absolute atomic E-state index is 17.7. The zero-order valence-corrected chi connectivity index (χ0v) is 30.9. The standard InChI is InChI=1S/C42H48F2N2O8/c1-22(14-33(49)23(2)45)37(52)46-27-7-5-6-25(16-27)15-24-8-10-26(11-9-24)38-53-36-19-29-30-18-32(43)31-17-28(48)12-13-39(31,3)41(30,44)34(50)20-40(29,4)42(36,54-38)35(51)21-47/h5-13,16-17,22-23,29-30,32,34,36,38,47,50H,14-15,18-21,45H2,1-4H3,(H,46,52)/t22-,23+,29+,30+,32+,34+,36-,38-,39+,40+,41+,42-/m1/s1. The van der Waals surface area contributed by atoms with Gasteiger partial charge in [0.25, 0.3) is 0 Å². The van der Waals surface area contributed by atoms with Crippen molar-refractivity contribution in [1.29, 1.82) is 0 Å². The number of halogens is 2. The average Bonchev–Trinajstić information content (AvgIpc) is 3.63. The third-order valence-electron chi connectivity index (χ3n) is 13.2. The van der Waals surface area contributed by atoms with Crippen LogP contribution in [0.2, 0.25) is 0 Å². The molecule has 5 N–H and O–H groups in total. The number of benzene rings is 2. The molecular formula is C42H48F2N2O8. The molecule has 2 aromatic carbocycles. The van der Waals surface area contributed by atoms with Crippen molar-refractivity contribution in [2.45, 2.75) is 102 Å². The zero-order chi connectivity index (χ0) is 39.0. The van der Waals surface area contributed by atoms with E-state index in [1.807, 2.05) is 42.5 Å². The molecule has 5 aliphatic rings. The van der Waals surface area contributed by atoms with Gasteiger partial charge >= 0.3 is 0 Å². The van der Waals surface area contributed by atoms with Crippen molar-refractivity contribution in [3.8, 4) is 0 Å². The van der Waals surface area contributed by atoms with Crippen molar-refractivity contribution >= 4 is 28.9 Å². The van der Waals surface area contributed by atoms with Gasteiger partial charge in [0.15, 0.2) is 29.1 Å². The maximum Gasteiger partial charge on any atom is 0.227 e. The van der Waals surface area contributed by atoms with Crippen LogP contribution < -0.4 is 11.1 Å². The second-order valence-electron chi connectivity index (χ2n) is 16.5. The first-order valence-electron chi connectivity index (χ1n) is 18.7. The van der Waals surface area contributed by atoms with E-state index in [1.165, 1.54) is 19.1 Å². The second kappa shape index (κ2) is 13.7. The highest BCUT2D eigenvalue weighted by Gasteiger charge is 2.80. The van der Waals surface area contributed by atoms with Crippen molar-refractivity contribution in [3.05, 3.63) is 89.0 Å². The van der Waals surface area contributed by atoms with Gasteiger partial charge in [-0.2, -0.15) is 0 Å². The van der Waals surface area contributed by atoms with Crippen molar-refractivity contribution in [1.82, 2.24) is 0 Å². The summed E-state index contributed by atoms with van der Waals surface area (Å²) in [4.78, 5) is 50.7. The lowest BCUT2D eigenvalue weighted by molar-refractivity contribution is -0.235. The molecule has 1 heterocycles. The van der Waals surface area contributed by atoms with E-state index in [4.69, 9.17) is 15.2 Å². The van der Waals surface area contributed by atoms with E-state index in [0.29, 0.717) is 17.7 Å². The van der Waals surface area contributed by atoms with E-state index >= 15 is 8.78 Å². The highest BCUT2D eigenvalue weighted by atomic mass is 19.1. The Balaban J connectivity index is 1.09. The summed E-state index contributed by atoms with van der Waals surface area (Å²) >= 11 is 0. The molecule has 288 valence electrons. The number of fused-ring (bicyclic) bond motifs is 7. The number of nitrogens with two attached hydrogens (primary N) is 1. The van der Waals surface area contributed by atoms with Crippen LogP contribution in [0.3, 0.4) is 0 Å². The van der Waals surface area contributed by atoms with Gasteiger partial charge in [0.05, 0.1) is 18.2 Å². The third-order valence-corrected chi connectivity index (χ3v) is 13.2. The second-order valence-corrected chi connectivity index (χ2v) is 16.5. The number of ketones is 3. The fraction of sp³-hybridized carbons (Fsp3) is 0.524. The average molecular weight is 747 g/mol. The summed E-state index contributed by atoms with van der Waals surface area (Å²) in [6.45, 7) is 5.69. The van der Waals surface area contributed by atoms with Crippen molar-refractivity contribution < 1.29 is 47.6 Å². The van der Waals surface area contributed by atoms with Crippen LogP contribution >= 0.6 is 0 Å². The van der Waals surface area contributed by atoms with E-state index < -0.39 is 88.7 Å². The molecule has 4 fully saturated rings. The fourth-order valence-electron chi connectivity index (χ4n) is 10.3. The summed E-state index contributed by atoms with van der Waals surface area (Å²) in [7, 11) is 0. The molecule has 12 heteroatoms. The maximum atomic E-state index is 17.7. The first-order chi connectivity index (χ1) is 25.5. The highest BCUT2D eigenvalue weighted by molar-refractivity contribution is 6.01. The zero-order valence-electron chi connectivity index (χ0n) is 30.9. The molecule has 0 bridgehead atoms. The number of ether oxygens (including phenoxy) is 2. The molecular weight excluding hydrogens is 698 g/mol. The van der Waals surface area contributed by atoms with Gasteiger partial charge in [-0.25, -0.2) is 8.78 Å². The smallest absolute Gasteiger partial charge is 0.227 e. The van der Waals surface area contributed by atoms with Crippen LogP contribution in [-0.2, 0) is 35.1 Å². The normalized spacial score (nSPS) is 37.6. The molecule has 0 aromatic heterocycles. The largest absolute Gasteiger partial charge is 0.390 e. The number of carbonyl (C=O) groups is 4. The van der Waals surface area contributed by atoms with Crippen LogP contribution in [0, 0.1) is 28.6 Å². The number of Topliss-reactive ketones (excluding diaryl/α,β-unsaturated/α-hetero) is 2.